The predicted molar refractivity (Wildman–Crippen MR) is 114 cm³/mol. The van der Waals surface area contributed by atoms with Gasteiger partial charge in [0.15, 0.2) is 0 Å². The van der Waals surface area contributed by atoms with Gasteiger partial charge in [-0.25, -0.2) is 4.98 Å². The van der Waals surface area contributed by atoms with Gasteiger partial charge in [0, 0.05) is 11.1 Å². The molecule has 2 aromatic heterocycles. The van der Waals surface area contributed by atoms with Crippen molar-refractivity contribution in [1.29, 1.82) is 0 Å². The lowest BCUT2D eigenvalue weighted by atomic mass is 9.74. The lowest BCUT2D eigenvalue weighted by Crippen LogP contribution is -2.23. The van der Waals surface area contributed by atoms with Gasteiger partial charge >= 0.3 is 0 Å². The van der Waals surface area contributed by atoms with Crippen LogP contribution in [-0.4, -0.2) is 10.9 Å². The molecule has 0 radical (unpaired) electrons. The normalized spacial score (nSPS) is 15.7. The molecule has 0 aliphatic heterocycles. The number of primary amides is 1. The summed E-state index contributed by atoms with van der Waals surface area (Å²) in [5, 5.41) is 1.76. The van der Waals surface area contributed by atoms with E-state index < -0.39 is 5.91 Å². The maximum Gasteiger partial charge on any atom is 0.260 e. The third kappa shape index (κ3) is 3.08. The van der Waals surface area contributed by atoms with E-state index >= 15 is 0 Å². The van der Waals surface area contributed by atoms with Crippen molar-refractivity contribution in [2.45, 2.75) is 33.1 Å². The maximum atomic E-state index is 11.8. The summed E-state index contributed by atoms with van der Waals surface area (Å²) in [5.74, 6) is -0.533. The Labute approximate surface area is 171 Å². The molecule has 4 rings (SSSR count). The molecule has 27 heavy (non-hydrogen) atoms. The molecular weight excluding hydrogens is 401 g/mol. The molecule has 1 amide bonds. The third-order valence-corrected chi connectivity index (χ3v) is 7.05. The van der Waals surface area contributed by atoms with Crippen LogP contribution in [0.2, 0.25) is 10.0 Å². The van der Waals surface area contributed by atoms with E-state index in [9.17, 15) is 4.79 Å². The molecule has 3 aromatic rings. The summed E-state index contributed by atoms with van der Waals surface area (Å²) in [6, 6.07) is 5.56. The van der Waals surface area contributed by atoms with Gasteiger partial charge in [0.2, 0.25) is 0 Å². The molecule has 2 heterocycles. The summed E-state index contributed by atoms with van der Waals surface area (Å²) in [4.78, 5) is 17.8. The molecule has 0 atom stereocenters. The smallest absolute Gasteiger partial charge is 0.260 e. The van der Waals surface area contributed by atoms with Crippen LogP contribution in [0.5, 0.6) is 0 Å². The number of anilines is 1. The van der Waals surface area contributed by atoms with Crippen LogP contribution in [0.25, 0.3) is 21.3 Å². The van der Waals surface area contributed by atoms with Crippen molar-refractivity contribution in [3.8, 4) is 11.1 Å². The molecule has 140 valence electrons. The van der Waals surface area contributed by atoms with Crippen LogP contribution >= 0.6 is 34.5 Å². The number of nitrogens with two attached hydrogens (primary N) is 2. The number of amides is 1. The van der Waals surface area contributed by atoms with Gasteiger partial charge in [-0.05, 0) is 53.5 Å². The Morgan fingerprint density at radius 2 is 2.00 bits per heavy atom. The Hall–Kier alpha value is -1.82. The lowest BCUT2D eigenvalue weighted by Gasteiger charge is -2.32. The third-order valence-electron chi connectivity index (χ3n) is 5.19. The summed E-state index contributed by atoms with van der Waals surface area (Å²) in [6.45, 7) is 4.50. The number of hydrogen-bond acceptors (Lipinski definition) is 4. The fourth-order valence-electron chi connectivity index (χ4n) is 3.81. The highest BCUT2D eigenvalue weighted by atomic mass is 35.5. The van der Waals surface area contributed by atoms with Gasteiger partial charge in [0.05, 0.1) is 15.7 Å². The number of pyridine rings is 1. The first-order valence-electron chi connectivity index (χ1n) is 8.67. The van der Waals surface area contributed by atoms with Crippen molar-refractivity contribution in [3.63, 3.8) is 0 Å². The highest BCUT2D eigenvalue weighted by Crippen LogP contribution is 2.46. The molecule has 1 aromatic carbocycles. The number of nitrogen functional groups attached to an aromatic ring is 1. The number of carbonyl (C=O) groups is 1. The first-order chi connectivity index (χ1) is 12.7. The van der Waals surface area contributed by atoms with Gasteiger partial charge in [0.1, 0.15) is 9.71 Å². The molecule has 0 saturated carbocycles. The van der Waals surface area contributed by atoms with Crippen LogP contribution in [-0.2, 0) is 12.8 Å². The Balaban J connectivity index is 2.10. The molecule has 0 unspecified atom stereocenters. The minimum absolute atomic E-state index is 0.178. The second-order valence-electron chi connectivity index (χ2n) is 7.77. The standard InChI is InChI=1S/C20H19Cl2N3OS/c1-20(2)6-5-10-13(8-20)25-19-15(16(23)17(27-19)18(24)26)14(10)9-3-4-11(21)12(22)7-9/h3-4,7H,5-6,8,23H2,1-2H3,(H2,24,26). The van der Waals surface area contributed by atoms with Gasteiger partial charge in [-0.3, -0.25) is 4.79 Å². The maximum absolute atomic E-state index is 11.8. The number of carbonyl (C=O) groups excluding carboxylic acids is 1. The molecule has 4 nitrogen and oxygen atoms in total. The van der Waals surface area contributed by atoms with Crippen LogP contribution in [0.15, 0.2) is 18.2 Å². The molecule has 4 N–H and O–H groups in total. The predicted octanol–water partition coefficient (Wildman–Crippen LogP) is 5.47. The number of fused-ring (bicyclic) bond motifs is 2. The number of halogens is 2. The summed E-state index contributed by atoms with van der Waals surface area (Å²) in [7, 11) is 0. The topological polar surface area (TPSA) is 82.0 Å². The average molecular weight is 420 g/mol. The van der Waals surface area contributed by atoms with E-state index in [-0.39, 0.29) is 5.41 Å². The fraction of sp³-hybridized carbons (Fsp3) is 0.300. The molecular formula is C20H19Cl2N3OS. The van der Waals surface area contributed by atoms with Crippen molar-refractivity contribution < 1.29 is 4.79 Å². The average Bonchev–Trinajstić information content (AvgIpc) is 2.91. The van der Waals surface area contributed by atoms with Crippen molar-refractivity contribution >= 4 is 56.3 Å². The monoisotopic (exact) mass is 419 g/mol. The fourth-order valence-corrected chi connectivity index (χ4v) is 5.08. The van der Waals surface area contributed by atoms with Gasteiger partial charge in [-0.15, -0.1) is 11.3 Å². The van der Waals surface area contributed by atoms with Gasteiger partial charge in [-0.2, -0.15) is 0 Å². The van der Waals surface area contributed by atoms with Crippen LogP contribution in [0.4, 0.5) is 5.69 Å². The Kier molecular flexibility index (Phi) is 4.37. The number of nitrogens with zero attached hydrogens (tertiary/aromatic N) is 1. The van der Waals surface area contributed by atoms with Gasteiger partial charge in [0.25, 0.3) is 5.91 Å². The van der Waals surface area contributed by atoms with Crippen LogP contribution < -0.4 is 11.5 Å². The summed E-state index contributed by atoms with van der Waals surface area (Å²) in [5.41, 5.74) is 16.6. The summed E-state index contributed by atoms with van der Waals surface area (Å²) < 4.78 is 0. The number of benzene rings is 1. The van der Waals surface area contributed by atoms with Crippen LogP contribution in [0.1, 0.15) is 41.2 Å². The zero-order valence-electron chi connectivity index (χ0n) is 15.0. The first-order valence-corrected chi connectivity index (χ1v) is 10.2. The van der Waals surface area contributed by atoms with Crippen molar-refractivity contribution in [3.05, 3.63) is 44.4 Å². The van der Waals surface area contributed by atoms with Crippen LogP contribution in [0.3, 0.4) is 0 Å². The van der Waals surface area contributed by atoms with E-state index in [1.54, 1.807) is 6.07 Å². The second kappa shape index (κ2) is 6.36. The Bertz CT molecular complexity index is 1100. The largest absolute Gasteiger partial charge is 0.397 e. The minimum Gasteiger partial charge on any atom is -0.397 e. The van der Waals surface area contributed by atoms with E-state index in [0.29, 0.717) is 20.6 Å². The highest BCUT2D eigenvalue weighted by Gasteiger charge is 2.31. The van der Waals surface area contributed by atoms with E-state index in [0.717, 1.165) is 46.3 Å². The van der Waals surface area contributed by atoms with E-state index in [1.165, 1.54) is 16.9 Å². The first kappa shape index (κ1) is 18.5. The van der Waals surface area contributed by atoms with Crippen molar-refractivity contribution in [2.75, 3.05) is 5.73 Å². The molecule has 1 aliphatic carbocycles. The summed E-state index contributed by atoms with van der Waals surface area (Å²) >= 11 is 13.7. The molecule has 0 fully saturated rings. The Morgan fingerprint density at radius 1 is 1.26 bits per heavy atom. The number of hydrogen-bond donors (Lipinski definition) is 2. The Morgan fingerprint density at radius 3 is 2.67 bits per heavy atom. The SMILES string of the molecule is CC1(C)CCc2c(nc3sc(C(N)=O)c(N)c3c2-c2ccc(Cl)c(Cl)c2)C1. The van der Waals surface area contributed by atoms with E-state index in [4.69, 9.17) is 39.7 Å². The van der Waals surface area contributed by atoms with E-state index in [1.807, 2.05) is 12.1 Å². The molecule has 0 bridgehead atoms. The van der Waals surface area contributed by atoms with Gasteiger partial charge in [-0.1, -0.05) is 43.1 Å². The molecule has 0 saturated heterocycles. The zero-order valence-corrected chi connectivity index (χ0v) is 17.4. The number of thiophene rings is 1. The van der Waals surface area contributed by atoms with Crippen LogP contribution in [0, 0.1) is 5.41 Å². The molecule has 7 heteroatoms. The number of rotatable bonds is 2. The minimum atomic E-state index is -0.533. The summed E-state index contributed by atoms with van der Waals surface area (Å²) in [6.07, 6.45) is 2.81. The zero-order chi connectivity index (χ0) is 19.5. The second-order valence-corrected chi connectivity index (χ2v) is 9.58. The molecule has 1 aliphatic rings. The number of aromatic nitrogens is 1. The quantitative estimate of drug-likeness (QED) is 0.577. The molecule has 0 spiro atoms. The lowest BCUT2D eigenvalue weighted by molar-refractivity contribution is 0.100. The van der Waals surface area contributed by atoms with E-state index in [2.05, 4.69) is 13.8 Å². The highest BCUT2D eigenvalue weighted by molar-refractivity contribution is 7.21. The van der Waals surface area contributed by atoms with Crippen molar-refractivity contribution in [1.82, 2.24) is 4.98 Å². The van der Waals surface area contributed by atoms with Crippen molar-refractivity contribution in [2.24, 2.45) is 11.1 Å². The van der Waals surface area contributed by atoms with Gasteiger partial charge < -0.3 is 11.5 Å².